The summed E-state index contributed by atoms with van der Waals surface area (Å²) in [4.78, 5) is 8.77. The topological polar surface area (TPSA) is 68.3 Å². The van der Waals surface area contributed by atoms with Gasteiger partial charge in [0.25, 0.3) is 0 Å². The summed E-state index contributed by atoms with van der Waals surface area (Å²) in [6.45, 7) is 2.13. The first-order valence-electron chi connectivity index (χ1n) is 8.50. The number of methoxy groups -OCH3 is 2. The van der Waals surface area contributed by atoms with Gasteiger partial charge in [0.2, 0.25) is 5.95 Å². The van der Waals surface area contributed by atoms with E-state index in [9.17, 15) is 0 Å². The Morgan fingerprint density at radius 2 is 1.70 bits per heavy atom. The number of nitrogens with one attached hydrogen (secondary N) is 2. The average molecular weight is 385 g/mol. The molecule has 3 rings (SSSR count). The number of anilines is 4. The van der Waals surface area contributed by atoms with Gasteiger partial charge in [0, 0.05) is 24.0 Å². The number of halogens is 1. The maximum atomic E-state index is 6.15. The van der Waals surface area contributed by atoms with Gasteiger partial charge in [0.1, 0.15) is 17.3 Å². The quantitative estimate of drug-likeness (QED) is 0.583. The first kappa shape index (κ1) is 18.8. The van der Waals surface area contributed by atoms with E-state index in [1.807, 2.05) is 12.1 Å². The number of rotatable bonds is 7. The summed E-state index contributed by atoms with van der Waals surface area (Å²) in [5, 5.41) is 6.89. The van der Waals surface area contributed by atoms with E-state index in [4.69, 9.17) is 21.1 Å². The number of aromatic nitrogens is 2. The first-order chi connectivity index (χ1) is 13.1. The molecule has 2 N–H and O–H groups in total. The van der Waals surface area contributed by atoms with Gasteiger partial charge >= 0.3 is 0 Å². The van der Waals surface area contributed by atoms with Crippen molar-refractivity contribution in [2.24, 2.45) is 0 Å². The SMILES string of the molecule is CCc1ccc(Nc2nccc(Nc3cc(OC)c(Cl)cc3OC)n2)cc1. The minimum Gasteiger partial charge on any atom is -0.495 e. The molecule has 2 aromatic carbocycles. The molecule has 0 amide bonds. The summed E-state index contributed by atoms with van der Waals surface area (Å²) in [7, 11) is 3.14. The minimum absolute atomic E-state index is 0.473. The van der Waals surface area contributed by atoms with Gasteiger partial charge in [0.15, 0.2) is 0 Å². The highest BCUT2D eigenvalue weighted by Crippen LogP contribution is 2.37. The molecule has 0 atom stereocenters. The molecule has 0 radical (unpaired) electrons. The molecule has 0 bridgehead atoms. The van der Waals surface area contributed by atoms with Crippen LogP contribution in [0.5, 0.6) is 11.5 Å². The molecule has 3 aromatic rings. The number of benzene rings is 2. The monoisotopic (exact) mass is 384 g/mol. The molecule has 1 aromatic heterocycles. The van der Waals surface area contributed by atoms with E-state index < -0.39 is 0 Å². The second-order valence-corrected chi connectivity index (χ2v) is 6.16. The van der Waals surface area contributed by atoms with Crippen molar-refractivity contribution in [3.05, 3.63) is 59.2 Å². The molecule has 0 aliphatic carbocycles. The van der Waals surface area contributed by atoms with Crippen LogP contribution in [0.4, 0.5) is 23.1 Å². The number of hydrogen-bond donors (Lipinski definition) is 2. The lowest BCUT2D eigenvalue weighted by Crippen LogP contribution is -2.02. The first-order valence-corrected chi connectivity index (χ1v) is 8.88. The predicted octanol–water partition coefficient (Wildman–Crippen LogP) is 5.20. The van der Waals surface area contributed by atoms with E-state index in [1.165, 1.54) is 5.56 Å². The van der Waals surface area contributed by atoms with Gasteiger partial charge in [0.05, 0.1) is 24.9 Å². The van der Waals surface area contributed by atoms with E-state index in [2.05, 4.69) is 39.7 Å². The molecule has 0 saturated carbocycles. The van der Waals surface area contributed by atoms with E-state index >= 15 is 0 Å². The number of ether oxygens (including phenoxy) is 2. The number of aryl methyl sites for hydroxylation is 1. The summed E-state index contributed by atoms with van der Waals surface area (Å²) in [6, 6.07) is 13.4. The zero-order valence-corrected chi connectivity index (χ0v) is 16.2. The van der Waals surface area contributed by atoms with Crippen molar-refractivity contribution in [3.8, 4) is 11.5 Å². The lowest BCUT2D eigenvalue weighted by Gasteiger charge is -2.14. The van der Waals surface area contributed by atoms with Gasteiger partial charge < -0.3 is 20.1 Å². The van der Waals surface area contributed by atoms with Crippen LogP contribution in [0.3, 0.4) is 0 Å². The Kier molecular flexibility index (Phi) is 5.98. The van der Waals surface area contributed by atoms with Gasteiger partial charge in [-0.3, -0.25) is 0 Å². The molecule has 27 heavy (non-hydrogen) atoms. The molecule has 0 unspecified atom stereocenters. The molecule has 140 valence electrons. The van der Waals surface area contributed by atoms with Crippen molar-refractivity contribution >= 4 is 34.7 Å². The molecule has 1 heterocycles. The highest BCUT2D eigenvalue weighted by atomic mass is 35.5. The van der Waals surface area contributed by atoms with Gasteiger partial charge in [-0.25, -0.2) is 4.98 Å². The van der Waals surface area contributed by atoms with E-state index in [1.54, 1.807) is 38.6 Å². The Balaban J connectivity index is 1.81. The Morgan fingerprint density at radius 3 is 2.37 bits per heavy atom. The predicted molar refractivity (Wildman–Crippen MR) is 109 cm³/mol. The van der Waals surface area contributed by atoms with Crippen LogP contribution in [0.25, 0.3) is 0 Å². The van der Waals surface area contributed by atoms with Crippen LogP contribution >= 0.6 is 11.6 Å². The van der Waals surface area contributed by atoms with Crippen molar-refractivity contribution in [3.63, 3.8) is 0 Å². The summed E-state index contributed by atoms with van der Waals surface area (Å²) in [6.07, 6.45) is 2.68. The molecule has 0 aliphatic heterocycles. The third-order valence-electron chi connectivity index (χ3n) is 4.01. The Bertz CT molecular complexity index is 916. The maximum Gasteiger partial charge on any atom is 0.229 e. The Morgan fingerprint density at radius 1 is 0.963 bits per heavy atom. The Hall–Kier alpha value is -2.99. The van der Waals surface area contributed by atoms with Crippen LogP contribution in [-0.4, -0.2) is 24.2 Å². The van der Waals surface area contributed by atoms with E-state index in [0.29, 0.717) is 34.0 Å². The lowest BCUT2D eigenvalue weighted by atomic mass is 10.1. The zero-order chi connectivity index (χ0) is 19.2. The van der Waals surface area contributed by atoms with Crippen molar-refractivity contribution in [2.45, 2.75) is 13.3 Å². The van der Waals surface area contributed by atoms with Crippen LogP contribution in [0.15, 0.2) is 48.7 Å². The van der Waals surface area contributed by atoms with Gasteiger partial charge in [-0.1, -0.05) is 30.7 Å². The van der Waals surface area contributed by atoms with Crippen LogP contribution < -0.4 is 20.1 Å². The molecule has 0 saturated heterocycles. The standard InChI is InChI=1S/C20H21ClN4O2/c1-4-13-5-7-14(8-6-13)23-20-22-10-9-19(25-20)24-16-12-17(26-2)15(21)11-18(16)27-3/h5-12H,4H2,1-3H3,(H2,22,23,24,25). The summed E-state index contributed by atoms with van der Waals surface area (Å²) < 4.78 is 10.7. The largest absolute Gasteiger partial charge is 0.495 e. The highest BCUT2D eigenvalue weighted by molar-refractivity contribution is 6.32. The second-order valence-electron chi connectivity index (χ2n) is 5.75. The minimum atomic E-state index is 0.473. The fraction of sp³-hybridized carbons (Fsp3) is 0.200. The molecule has 0 spiro atoms. The molecule has 0 aliphatic rings. The van der Waals surface area contributed by atoms with Gasteiger partial charge in [-0.2, -0.15) is 4.98 Å². The van der Waals surface area contributed by atoms with E-state index in [0.717, 1.165) is 12.1 Å². The Labute approximate surface area is 163 Å². The molecular formula is C20H21ClN4O2. The average Bonchev–Trinajstić information content (AvgIpc) is 2.70. The van der Waals surface area contributed by atoms with Crippen molar-refractivity contribution < 1.29 is 9.47 Å². The molecule has 0 fully saturated rings. The van der Waals surface area contributed by atoms with Crippen molar-refractivity contribution in [1.82, 2.24) is 9.97 Å². The highest BCUT2D eigenvalue weighted by Gasteiger charge is 2.11. The van der Waals surface area contributed by atoms with Crippen LogP contribution in [0.2, 0.25) is 5.02 Å². The van der Waals surface area contributed by atoms with E-state index in [-0.39, 0.29) is 0 Å². The summed E-state index contributed by atoms with van der Waals surface area (Å²) >= 11 is 6.15. The normalized spacial score (nSPS) is 10.4. The third kappa shape index (κ3) is 4.60. The van der Waals surface area contributed by atoms with Crippen LogP contribution in [0.1, 0.15) is 12.5 Å². The lowest BCUT2D eigenvalue weighted by molar-refractivity contribution is 0.405. The van der Waals surface area contributed by atoms with Gasteiger partial charge in [-0.05, 0) is 30.2 Å². The molecule has 7 heteroatoms. The summed E-state index contributed by atoms with van der Waals surface area (Å²) in [5.74, 6) is 2.23. The fourth-order valence-corrected chi connectivity index (χ4v) is 2.77. The fourth-order valence-electron chi connectivity index (χ4n) is 2.54. The maximum absolute atomic E-state index is 6.15. The molecule has 6 nitrogen and oxygen atoms in total. The van der Waals surface area contributed by atoms with Crippen molar-refractivity contribution in [1.29, 1.82) is 0 Å². The second kappa shape index (κ2) is 8.60. The van der Waals surface area contributed by atoms with Crippen LogP contribution in [-0.2, 0) is 6.42 Å². The summed E-state index contributed by atoms with van der Waals surface area (Å²) in [5.41, 5.74) is 2.89. The number of nitrogens with zero attached hydrogens (tertiary/aromatic N) is 2. The third-order valence-corrected chi connectivity index (χ3v) is 4.31. The zero-order valence-electron chi connectivity index (χ0n) is 15.4. The van der Waals surface area contributed by atoms with Gasteiger partial charge in [-0.15, -0.1) is 0 Å². The molecular weight excluding hydrogens is 364 g/mol. The smallest absolute Gasteiger partial charge is 0.229 e. The number of hydrogen-bond acceptors (Lipinski definition) is 6. The van der Waals surface area contributed by atoms with Crippen LogP contribution in [0, 0.1) is 0 Å². The van der Waals surface area contributed by atoms with Crippen molar-refractivity contribution in [2.75, 3.05) is 24.9 Å².